The van der Waals surface area contributed by atoms with Gasteiger partial charge in [0.2, 0.25) is 15.9 Å². The van der Waals surface area contributed by atoms with E-state index in [-0.39, 0.29) is 12.5 Å². The first-order valence-electron chi connectivity index (χ1n) is 6.51. The minimum absolute atomic E-state index is 0.123. The van der Waals surface area contributed by atoms with Crippen molar-refractivity contribution in [3.8, 4) is 0 Å². The molecule has 7 nitrogen and oxygen atoms in total. The van der Waals surface area contributed by atoms with Crippen molar-refractivity contribution in [2.45, 2.75) is 46.2 Å². The summed E-state index contributed by atoms with van der Waals surface area (Å²) < 4.78 is 29.6. The molecule has 2 unspecified atom stereocenters. The summed E-state index contributed by atoms with van der Waals surface area (Å²) in [5.41, 5.74) is 0. The summed E-state index contributed by atoms with van der Waals surface area (Å²) in [6.45, 7) is 7.12. The third kappa shape index (κ3) is 8.11. The standard InChI is InChI=1S/C12H24N2O5S/c1-6-19-12(16)9(4)13-11(15)10(7-8(2)3)14-20(5,17)18/h8-10,14H,6-7H2,1-5H3,(H,13,15). The van der Waals surface area contributed by atoms with Gasteiger partial charge in [0, 0.05) is 0 Å². The summed E-state index contributed by atoms with van der Waals surface area (Å²) in [7, 11) is -3.51. The van der Waals surface area contributed by atoms with Crippen LogP contribution in [0.4, 0.5) is 0 Å². The molecule has 1 amide bonds. The molecule has 0 fully saturated rings. The molecule has 0 rings (SSSR count). The highest BCUT2D eigenvalue weighted by atomic mass is 32.2. The topological polar surface area (TPSA) is 102 Å². The van der Waals surface area contributed by atoms with Crippen LogP contribution in [0.3, 0.4) is 0 Å². The van der Waals surface area contributed by atoms with Crippen molar-refractivity contribution < 1.29 is 22.7 Å². The third-order valence-corrected chi connectivity index (χ3v) is 3.09. The number of carbonyl (C=O) groups is 2. The second-order valence-electron chi connectivity index (χ2n) is 5.05. The van der Waals surface area contributed by atoms with Crippen molar-refractivity contribution in [1.29, 1.82) is 0 Å². The third-order valence-electron chi connectivity index (χ3n) is 2.38. The van der Waals surface area contributed by atoms with Crippen molar-refractivity contribution >= 4 is 21.9 Å². The molecule has 0 aromatic carbocycles. The van der Waals surface area contributed by atoms with Gasteiger partial charge in [0.15, 0.2) is 0 Å². The molecule has 0 aliphatic rings. The molecule has 0 radical (unpaired) electrons. The van der Waals surface area contributed by atoms with Gasteiger partial charge in [-0.3, -0.25) is 4.79 Å². The zero-order chi connectivity index (χ0) is 15.9. The van der Waals surface area contributed by atoms with Crippen LogP contribution in [0, 0.1) is 5.92 Å². The van der Waals surface area contributed by atoms with Crippen LogP contribution in [-0.4, -0.2) is 45.2 Å². The van der Waals surface area contributed by atoms with Crippen molar-refractivity contribution in [3.05, 3.63) is 0 Å². The number of amides is 1. The van der Waals surface area contributed by atoms with Crippen LogP contribution in [-0.2, 0) is 24.3 Å². The van der Waals surface area contributed by atoms with Gasteiger partial charge in [-0.05, 0) is 26.2 Å². The zero-order valence-electron chi connectivity index (χ0n) is 12.6. The highest BCUT2D eigenvalue weighted by Gasteiger charge is 2.26. The van der Waals surface area contributed by atoms with Gasteiger partial charge in [0.05, 0.1) is 12.9 Å². The van der Waals surface area contributed by atoms with Crippen LogP contribution >= 0.6 is 0 Å². The molecular weight excluding hydrogens is 284 g/mol. The number of ether oxygens (including phenoxy) is 1. The van der Waals surface area contributed by atoms with Crippen molar-refractivity contribution in [1.82, 2.24) is 10.0 Å². The molecule has 0 aromatic rings. The first-order chi connectivity index (χ1) is 9.06. The molecule has 2 atom stereocenters. The average molecular weight is 308 g/mol. The second-order valence-corrected chi connectivity index (χ2v) is 6.83. The van der Waals surface area contributed by atoms with Gasteiger partial charge in [-0.1, -0.05) is 13.8 Å². The summed E-state index contributed by atoms with van der Waals surface area (Å²) in [4.78, 5) is 23.5. The van der Waals surface area contributed by atoms with Gasteiger partial charge in [-0.2, -0.15) is 0 Å². The number of nitrogens with one attached hydrogen (secondary N) is 2. The molecule has 2 N–H and O–H groups in total. The van der Waals surface area contributed by atoms with E-state index in [0.29, 0.717) is 6.42 Å². The Kier molecular flexibility index (Phi) is 7.74. The molecule has 8 heteroatoms. The van der Waals surface area contributed by atoms with Gasteiger partial charge in [0.25, 0.3) is 0 Å². The van der Waals surface area contributed by atoms with Gasteiger partial charge < -0.3 is 10.1 Å². The minimum atomic E-state index is -3.51. The van der Waals surface area contributed by atoms with Crippen LogP contribution in [0.5, 0.6) is 0 Å². The number of hydrogen-bond acceptors (Lipinski definition) is 5. The van der Waals surface area contributed by atoms with E-state index in [2.05, 4.69) is 10.0 Å². The fourth-order valence-electron chi connectivity index (χ4n) is 1.58. The van der Waals surface area contributed by atoms with Gasteiger partial charge >= 0.3 is 5.97 Å². The van der Waals surface area contributed by atoms with E-state index in [1.807, 2.05) is 13.8 Å². The van der Waals surface area contributed by atoms with Crippen LogP contribution in [0.1, 0.15) is 34.1 Å². The molecule has 0 saturated carbocycles. The van der Waals surface area contributed by atoms with Crippen molar-refractivity contribution in [3.63, 3.8) is 0 Å². The Morgan fingerprint density at radius 1 is 1.20 bits per heavy atom. The van der Waals surface area contributed by atoms with E-state index in [1.54, 1.807) is 6.92 Å². The van der Waals surface area contributed by atoms with Crippen molar-refractivity contribution in [2.24, 2.45) is 5.92 Å². The SMILES string of the molecule is CCOC(=O)C(C)NC(=O)C(CC(C)C)NS(C)(=O)=O. The predicted molar refractivity (Wildman–Crippen MR) is 75.5 cm³/mol. The second kappa shape index (κ2) is 8.21. The Hall–Kier alpha value is -1.15. The highest BCUT2D eigenvalue weighted by molar-refractivity contribution is 7.88. The Morgan fingerprint density at radius 3 is 2.15 bits per heavy atom. The first kappa shape index (κ1) is 18.9. The smallest absolute Gasteiger partial charge is 0.328 e. The lowest BCUT2D eigenvalue weighted by Crippen LogP contribution is -2.51. The maximum atomic E-state index is 12.0. The predicted octanol–water partition coefficient (Wildman–Crippen LogP) is 0.0181. The molecule has 0 aliphatic carbocycles. The lowest BCUT2D eigenvalue weighted by molar-refractivity contribution is -0.147. The normalized spacial score (nSPS) is 14.7. The number of esters is 1. The van der Waals surface area contributed by atoms with E-state index in [4.69, 9.17) is 4.74 Å². The van der Waals surface area contributed by atoms with Crippen molar-refractivity contribution in [2.75, 3.05) is 12.9 Å². The molecule has 0 heterocycles. The molecule has 0 spiro atoms. The summed E-state index contributed by atoms with van der Waals surface area (Å²) in [5.74, 6) is -0.967. The van der Waals surface area contributed by atoms with Crippen LogP contribution in [0.2, 0.25) is 0 Å². The molecule has 20 heavy (non-hydrogen) atoms. The molecular formula is C12H24N2O5S. The summed E-state index contributed by atoms with van der Waals surface area (Å²) >= 11 is 0. The fourth-order valence-corrected chi connectivity index (χ4v) is 2.30. The van der Waals surface area contributed by atoms with Crippen LogP contribution in [0.15, 0.2) is 0 Å². The Balaban J connectivity index is 4.74. The summed E-state index contributed by atoms with van der Waals surface area (Å²) in [5, 5.41) is 2.45. The zero-order valence-corrected chi connectivity index (χ0v) is 13.4. The lowest BCUT2D eigenvalue weighted by atomic mass is 10.0. The van der Waals surface area contributed by atoms with E-state index >= 15 is 0 Å². The van der Waals surface area contributed by atoms with E-state index in [9.17, 15) is 18.0 Å². The van der Waals surface area contributed by atoms with Gasteiger partial charge in [0.1, 0.15) is 12.1 Å². The lowest BCUT2D eigenvalue weighted by Gasteiger charge is -2.21. The van der Waals surface area contributed by atoms with Crippen LogP contribution < -0.4 is 10.0 Å². The Labute approximate surface area is 120 Å². The molecule has 118 valence electrons. The number of sulfonamides is 1. The maximum Gasteiger partial charge on any atom is 0.328 e. The molecule has 0 aliphatic heterocycles. The Morgan fingerprint density at radius 2 is 1.75 bits per heavy atom. The summed E-state index contributed by atoms with van der Waals surface area (Å²) in [6, 6.07) is -1.72. The van der Waals surface area contributed by atoms with Gasteiger partial charge in [-0.15, -0.1) is 0 Å². The first-order valence-corrected chi connectivity index (χ1v) is 8.40. The highest BCUT2D eigenvalue weighted by Crippen LogP contribution is 2.06. The molecule has 0 saturated heterocycles. The van der Waals surface area contributed by atoms with Crippen LogP contribution in [0.25, 0.3) is 0 Å². The number of hydrogen-bond donors (Lipinski definition) is 2. The summed E-state index contributed by atoms with van der Waals surface area (Å²) in [6.07, 6.45) is 1.33. The minimum Gasteiger partial charge on any atom is -0.464 e. The molecule has 0 aromatic heterocycles. The largest absolute Gasteiger partial charge is 0.464 e. The number of carbonyl (C=O) groups excluding carboxylic acids is 2. The monoisotopic (exact) mass is 308 g/mol. The van der Waals surface area contributed by atoms with E-state index in [1.165, 1.54) is 6.92 Å². The fraction of sp³-hybridized carbons (Fsp3) is 0.833. The molecule has 0 bridgehead atoms. The van der Waals surface area contributed by atoms with E-state index in [0.717, 1.165) is 6.26 Å². The van der Waals surface area contributed by atoms with E-state index < -0.39 is 34.0 Å². The average Bonchev–Trinajstić information content (AvgIpc) is 2.25. The van der Waals surface area contributed by atoms with Gasteiger partial charge in [-0.25, -0.2) is 17.9 Å². The Bertz CT molecular complexity index is 433. The number of rotatable bonds is 8. The quantitative estimate of drug-likeness (QED) is 0.615. The maximum absolute atomic E-state index is 12.0.